The van der Waals surface area contributed by atoms with Crippen molar-refractivity contribution >= 4 is 27.6 Å². The van der Waals surface area contributed by atoms with Crippen LogP contribution in [0, 0.1) is 0 Å². The summed E-state index contributed by atoms with van der Waals surface area (Å²) in [6.07, 6.45) is 6.37. The third-order valence-corrected chi connectivity index (χ3v) is 3.41. The molecule has 0 aromatic carbocycles. The van der Waals surface area contributed by atoms with Gasteiger partial charge in [-0.15, -0.1) is 5.10 Å². The maximum atomic E-state index is 12.0. The molecule has 2 aromatic rings. The van der Waals surface area contributed by atoms with Crippen molar-refractivity contribution in [2.24, 2.45) is 0 Å². The lowest BCUT2D eigenvalue weighted by molar-refractivity contribution is 0.0946. The molecular weight excluding hydrogens is 324 g/mol. The zero-order chi connectivity index (χ0) is 13.9. The van der Waals surface area contributed by atoms with Gasteiger partial charge in [-0.3, -0.25) is 4.79 Å². The fourth-order valence-electron chi connectivity index (χ4n) is 1.96. The van der Waals surface area contributed by atoms with E-state index in [1.807, 2.05) is 0 Å². The van der Waals surface area contributed by atoms with E-state index < -0.39 is 0 Å². The van der Waals surface area contributed by atoms with Crippen LogP contribution in [-0.4, -0.2) is 45.1 Å². The molecule has 104 valence electrons. The highest BCUT2D eigenvalue weighted by Crippen LogP contribution is 2.08. The number of carbonyl (C=O) groups excluding carboxylic acids is 1. The van der Waals surface area contributed by atoms with Crippen molar-refractivity contribution in [3.63, 3.8) is 0 Å². The second kappa shape index (κ2) is 5.68. The first-order valence-corrected chi connectivity index (χ1v) is 7.06. The van der Waals surface area contributed by atoms with Crippen LogP contribution < -0.4 is 10.6 Å². The summed E-state index contributed by atoms with van der Waals surface area (Å²) in [6, 6.07) is 0. The molecule has 8 heteroatoms. The summed E-state index contributed by atoms with van der Waals surface area (Å²) in [7, 11) is 0. The van der Waals surface area contributed by atoms with E-state index >= 15 is 0 Å². The first kappa shape index (κ1) is 13.2. The minimum absolute atomic E-state index is 0.130. The Morgan fingerprint density at radius 3 is 3.25 bits per heavy atom. The Morgan fingerprint density at radius 1 is 1.55 bits per heavy atom. The Morgan fingerprint density at radius 2 is 2.45 bits per heavy atom. The number of nitrogens with zero attached hydrogens (tertiary/aromatic N) is 4. The largest absolute Gasteiger partial charge is 0.346 e. The topological polar surface area (TPSA) is 84.2 Å². The van der Waals surface area contributed by atoms with Crippen LogP contribution in [0.1, 0.15) is 17.0 Å². The van der Waals surface area contributed by atoms with Crippen molar-refractivity contribution < 1.29 is 4.79 Å². The van der Waals surface area contributed by atoms with Gasteiger partial charge in [0.2, 0.25) is 5.82 Å². The number of amides is 1. The van der Waals surface area contributed by atoms with E-state index in [9.17, 15) is 4.79 Å². The summed E-state index contributed by atoms with van der Waals surface area (Å²) in [5.41, 5.74) is 1.22. The van der Waals surface area contributed by atoms with Crippen molar-refractivity contribution in [3.8, 4) is 0 Å². The zero-order valence-electron chi connectivity index (χ0n) is 10.6. The molecule has 0 unspecified atom stereocenters. The van der Waals surface area contributed by atoms with Gasteiger partial charge in [0.25, 0.3) is 11.7 Å². The maximum Gasteiger partial charge on any atom is 0.291 e. The highest BCUT2D eigenvalue weighted by molar-refractivity contribution is 9.10. The van der Waals surface area contributed by atoms with E-state index in [1.54, 1.807) is 12.4 Å². The van der Waals surface area contributed by atoms with Gasteiger partial charge in [-0.05, 0) is 28.9 Å². The highest BCUT2D eigenvalue weighted by Gasteiger charge is 2.14. The summed E-state index contributed by atoms with van der Waals surface area (Å²) < 4.78 is 2.25. The van der Waals surface area contributed by atoms with Gasteiger partial charge in [0, 0.05) is 25.5 Å². The normalized spacial score (nSPS) is 15.2. The molecule has 3 rings (SSSR count). The predicted octanol–water partition coefficient (Wildman–Crippen LogP) is 0.536. The molecule has 7 nitrogen and oxygen atoms in total. The molecular formula is C12H13BrN6O. The Hall–Kier alpha value is -1.80. The van der Waals surface area contributed by atoms with Gasteiger partial charge in [-0.2, -0.15) is 4.98 Å². The molecule has 0 bridgehead atoms. The van der Waals surface area contributed by atoms with Crippen molar-refractivity contribution in [3.05, 3.63) is 34.3 Å². The van der Waals surface area contributed by atoms with Crippen LogP contribution >= 0.6 is 15.9 Å². The number of carbonyl (C=O) groups is 1. The summed E-state index contributed by atoms with van der Waals surface area (Å²) >= 11 is 3.30. The van der Waals surface area contributed by atoms with Crippen molar-refractivity contribution in [2.75, 3.05) is 19.6 Å². The SMILES string of the molecule is O=C(NCC1=CCNCC1)c1nc2ncc(Br)cn2n1. The van der Waals surface area contributed by atoms with E-state index in [-0.39, 0.29) is 11.7 Å². The zero-order valence-corrected chi connectivity index (χ0v) is 12.2. The van der Waals surface area contributed by atoms with Crippen LogP contribution in [0.25, 0.3) is 5.78 Å². The van der Waals surface area contributed by atoms with Crippen molar-refractivity contribution in [1.82, 2.24) is 30.2 Å². The Labute approximate surface area is 123 Å². The van der Waals surface area contributed by atoms with Gasteiger partial charge in [-0.25, -0.2) is 9.50 Å². The number of fused-ring (bicyclic) bond motifs is 1. The molecule has 0 saturated carbocycles. The van der Waals surface area contributed by atoms with E-state index in [2.05, 4.69) is 47.7 Å². The second-order valence-corrected chi connectivity index (χ2v) is 5.37. The minimum atomic E-state index is -0.286. The lowest BCUT2D eigenvalue weighted by Crippen LogP contribution is -2.30. The fourth-order valence-corrected chi connectivity index (χ4v) is 2.25. The number of aromatic nitrogens is 4. The van der Waals surface area contributed by atoms with Gasteiger partial charge in [0.1, 0.15) is 0 Å². The van der Waals surface area contributed by atoms with E-state index in [0.29, 0.717) is 12.3 Å². The molecule has 0 aliphatic carbocycles. The summed E-state index contributed by atoms with van der Waals surface area (Å²) in [4.78, 5) is 20.2. The van der Waals surface area contributed by atoms with Gasteiger partial charge in [-0.1, -0.05) is 11.6 Å². The summed E-state index contributed by atoms with van der Waals surface area (Å²) in [5, 5.41) is 10.2. The molecule has 1 aliphatic heterocycles. The Balaban J connectivity index is 1.70. The molecule has 2 aromatic heterocycles. The van der Waals surface area contributed by atoms with Crippen molar-refractivity contribution in [2.45, 2.75) is 6.42 Å². The molecule has 0 atom stereocenters. The fraction of sp³-hybridized carbons (Fsp3) is 0.333. The van der Waals surface area contributed by atoms with Gasteiger partial charge in [0.15, 0.2) is 0 Å². The number of hydrogen-bond acceptors (Lipinski definition) is 5. The van der Waals surface area contributed by atoms with Crippen molar-refractivity contribution in [1.29, 1.82) is 0 Å². The van der Waals surface area contributed by atoms with Crippen LogP contribution in [0.5, 0.6) is 0 Å². The molecule has 0 spiro atoms. The van der Waals surface area contributed by atoms with Crippen LogP contribution in [-0.2, 0) is 0 Å². The first-order chi connectivity index (χ1) is 9.72. The summed E-state index contributed by atoms with van der Waals surface area (Å²) in [5.74, 6) is 0.246. The van der Waals surface area contributed by atoms with Crippen LogP contribution in [0.4, 0.5) is 0 Å². The molecule has 0 fully saturated rings. The number of nitrogens with one attached hydrogen (secondary N) is 2. The molecule has 0 radical (unpaired) electrons. The van der Waals surface area contributed by atoms with E-state index in [0.717, 1.165) is 24.0 Å². The van der Waals surface area contributed by atoms with Gasteiger partial charge >= 0.3 is 0 Å². The molecule has 3 heterocycles. The van der Waals surface area contributed by atoms with Crippen LogP contribution in [0.3, 0.4) is 0 Å². The average Bonchev–Trinajstić information content (AvgIpc) is 2.89. The number of halogens is 1. The smallest absolute Gasteiger partial charge is 0.291 e. The van der Waals surface area contributed by atoms with Gasteiger partial charge in [0.05, 0.1) is 4.47 Å². The van der Waals surface area contributed by atoms with Crippen LogP contribution in [0.15, 0.2) is 28.5 Å². The highest BCUT2D eigenvalue weighted by atomic mass is 79.9. The first-order valence-electron chi connectivity index (χ1n) is 6.27. The molecule has 20 heavy (non-hydrogen) atoms. The van der Waals surface area contributed by atoms with E-state index in [1.165, 1.54) is 10.1 Å². The minimum Gasteiger partial charge on any atom is -0.346 e. The van der Waals surface area contributed by atoms with Gasteiger partial charge < -0.3 is 10.6 Å². The monoisotopic (exact) mass is 336 g/mol. The molecule has 1 amide bonds. The Bertz CT molecular complexity index is 680. The lowest BCUT2D eigenvalue weighted by atomic mass is 10.1. The molecule has 0 saturated heterocycles. The molecule has 2 N–H and O–H groups in total. The second-order valence-electron chi connectivity index (χ2n) is 4.45. The van der Waals surface area contributed by atoms with E-state index in [4.69, 9.17) is 0 Å². The predicted molar refractivity (Wildman–Crippen MR) is 76.4 cm³/mol. The third kappa shape index (κ3) is 2.86. The Kier molecular flexibility index (Phi) is 3.75. The third-order valence-electron chi connectivity index (χ3n) is 3.00. The quantitative estimate of drug-likeness (QED) is 0.799. The average molecular weight is 337 g/mol. The maximum absolute atomic E-state index is 12.0. The number of hydrogen-bond donors (Lipinski definition) is 2. The summed E-state index contributed by atoms with van der Waals surface area (Å²) in [6.45, 7) is 2.34. The number of rotatable bonds is 3. The lowest BCUT2D eigenvalue weighted by Gasteiger charge is -2.13. The molecule has 1 aliphatic rings. The van der Waals surface area contributed by atoms with Crippen LogP contribution in [0.2, 0.25) is 0 Å². The standard InChI is InChI=1S/C12H13BrN6O/c13-9-6-16-12-17-10(18-19(12)7-9)11(20)15-5-8-1-3-14-4-2-8/h1,6-7,14H,2-5H2,(H,15,20).